The lowest BCUT2D eigenvalue weighted by Crippen LogP contribution is -2.63. The molecule has 9 atom stereocenters. The molecule has 3 N–H and O–H groups in total. The van der Waals surface area contributed by atoms with Crippen molar-refractivity contribution in [2.24, 2.45) is 40.4 Å². The van der Waals surface area contributed by atoms with Crippen LogP contribution < -0.4 is 5.32 Å². The highest BCUT2D eigenvalue weighted by atomic mass is 32.2. The maximum atomic E-state index is 13.9. The molecule has 5 fully saturated rings. The number of aliphatic hydroxyl groups excluding tert-OH is 2. The Morgan fingerprint density at radius 3 is 2.41 bits per heavy atom. The van der Waals surface area contributed by atoms with Crippen LogP contribution in [0.4, 0.5) is 5.69 Å². The Morgan fingerprint density at radius 1 is 0.948 bits per heavy atom. The van der Waals surface area contributed by atoms with Gasteiger partial charge in [0.1, 0.15) is 6.61 Å². The van der Waals surface area contributed by atoms with Crippen LogP contribution in [0.1, 0.15) is 77.1 Å². The number of ether oxygens (including phenoxy) is 2. The number of hydrogen-bond donors (Lipinski definition) is 3. The molecule has 11 nitrogen and oxygen atoms in total. The van der Waals surface area contributed by atoms with Gasteiger partial charge in [-0.2, -0.15) is 0 Å². The summed E-state index contributed by atoms with van der Waals surface area (Å²) in [5.74, 6) is -0.927. The van der Waals surface area contributed by atoms with Crippen molar-refractivity contribution in [3.63, 3.8) is 0 Å². The number of anilines is 1. The third-order valence-corrected chi connectivity index (χ3v) is 15.8. The minimum Gasteiger partial charge on any atom is -0.393 e. The number of ketones is 2. The van der Waals surface area contributed by atoms with E-state index in [0.29, 0.717) is 37.9 Å². The van der Waals surface area contributed by atoms with Crippen LogP contribution >= 0.6 is 11.8 Å². The van der Waals surface area contributed by atoms with E-state index in [0.717, 1.165) is 46.6 Å². The van der Waals surface area contributed by atoms with Gasteiger partial charge < -0.3 is 25.0 Å². The molecule has 7 aliphatic rings. The van der Waals surface area contributed by atoms with E-state index in [9.17, 15) is 34.2 Å². The number of rotatable bonds is 9. The summed E-state index contributed by atoms with van der Waals surface area (Å²) in [5.41, 5.74) is -0.105. The first kappa shape index (κ1) is 39.3. The van der Waals surface area contributed by atoms with Gasteiger partial charge in [-0.3, -0.25) is 28.9 Å². The molecule has 2 aliphatic heterocycles. The molecule has 0 radical (unpaired) electrons. The zero-order valence-electron chi connectivity index (χ0n) is 32.8. The van der Waals surface area contributed by atoms with E-state index in [2.05, 4.69) is 12.2 Å². The predicted octanol–water partition coefficient (Wildman–Crippen LogP) is 6.11. The van der Waals surface area contributed by atoms with Crippen LogP contribution in [0.25, 0.3) is 0 Å². The number of aliphatic hydroxyl groups is 2. The monoisotopic (exact) mass is 806 g/mol. The molecule has 58 heavy (non-hydrogen) atoms. The molecule has 304 valence electrons. The number of carbonyl (C=O) groups excluding carboxylic acids is 5. The summed E-state index contributed by atoms with van der Waals surface area (Å²) >= 11 is 1.55. The van der Waals surface area contributed by atoms with Gasteiger partial charge in [0.15, 0.2) is 23.5 Å². The third kappa shape index (κ3) is 6.38. The quantitative estimate of drug-likeness (QED) is 0.253. The Balaban J connectivity index is 0.842. The van der Waals surface area contributed by atoms with Gasteiger partial charge in [0, 0.05) is 62.4 Å². The minimum atomic E-state index is -1.41. The maximum Gasteiger partial charge on any atom is 0.253 e. The molecule has 2 unspecified atom stereocenters. The van der Waals surface area contributed by atoms with Crippen molar-refractivity contribution in [3.8, 4) is 0 Å². The molecular formula is C46H50N2O9S. The molecule has 3 amide bonds. The number of amides is 3. The van der Waals surface area contributed by atoms with Crippen LogP contribution in [-0.2, 0) is 33.4 Å². The van der Waals surface area contributed by atoms with Crippen molar-refractivity contribution in [1.82, 2.24) is 4.90 Å². The lowest BCUT2D eigenvalue weighted by molar-refractivity contribution is -0.201. The molecule has 2 aromatic carbocycles. The standard InChI is InChI=1S/C46H50N2O9S/c1-44-19-18-31(50)20-29(44)12-15-34-35-22-38-46(37(52)25-49,45(35,2)23-36(51)41(34)44)57-43(56-38)28-10-13-32(14-11-28)58-33-5-3-4-30(21-33)47-42(55)27-8-6-26(7-9-27)24-48-39(53)16-17-40(48)54/h3-5,10-11,13-14,16-21,26-27,34-36,38,41,43,49,51H,6-9,12,15,22-25H2,1-2H3,(H,47,55)/t26?,27?,34-,35?,36-,38+,41?,43+,44-,45-,46+/m0/s1. The second-order valence-corrected chi connectivity index (χ2v) is 19.0. The van der Waals surface area contributed by atoms with Crippen molar-refractivity contribution in [2.45, 2.75) is 99.1 Å². The Hall–Kier alpha value is -4.20. The predicted molar refractivity (Wildman–Crippen MR) is 214 cm³/mol. The van der Waals surface area contributed by atoms with E-state index in [1.54, 1.807) is 23.9 Å². The molecule has 9 rings (SSSR count). The number of benzene rings is 2. The van der Waals surface area contributed by atoms with Gasteiger partial charge in [-0.1, -0.05) is 55.5 Å². The van der Waals surface area contributed by atoms with Crippen LogP contribution in [0, 0.1) is 40.4 Å². The van der Waals surface area contributed by atoms with Gasteiger partial charge in [0.2, 0.25) is 5.91 Å². The molecule has 0 bridgehead atoms. The van der Waals surface area contributed by atoms with Crippen molar-refractivity contribution in [3.05, 3.63) is 90.0 Å². The first-order chi connectivity index (χ1) is 27.8. The summed E-state index contributed by atoms with van der Waals surface area (Å²) in [7, 11) is 0. The van der Waals surface area contributed by atoms with Crippen molar-refractivity contribution in [1.29, 1.82) is 0 Å². The zero-order valence-corrected chi connectivity index (χ0v) is 33.6. The average molecular weight is 807 g/mol. The second kappa shape index (κ2) is 14.8. The maximum absolute atomic E-state index is 13.9. The van der Waals surface area contributed by atoms with Crippen LogP contribution in [0.3, 0.4) is 0 Å². The number of Topliss-reactive ketones (excluding diaryl/α,β-unsaturated/α-hetero) is 1. The van der Waals surface area contributed by atoms with Crippen LogP contribution in [0.2, 0.25) is 0 Å². The zero-order chi connectivity index (χ0) is 40.6. The molecule has 12 heteroatoms. The first-order valence-electron chi connectivity index (χ1n) is 20.6. The average Bonchev–Trinajstić information content (AvgIpc) is 3.83. The van der Waals surface area contributed by atoms with E-state index in [-0.39, 0.29) is 53.1 Å². The van der Waals surface area contributed by atoms with Gasteiger partial charge >= 0.3 is 0 Å². The fraction of sp³-hybridized carbons (Fsp3) is 0.500. The van der Waals surface area contributed by atoms with Crippen molar-refractivity contribution < 1.29 is 43.7 Å². The molecule has 0 aromatic heterocycles. The van der Waals surface area contributed by atoms with E-state index in [1.165, 1.54) is 17.1 Å². The summed E-state index contributed by atoms with van der Waals surface area (Å²) in [5, 5.41) is 25.4. The summed E-state index contributed by atoms with van der Waals surface area (Å²) in [6.45, 7) is 3.87. The van der Waals surface area contributed by atoms with Crippen molar-refractivity contribution in [2.75, 3.05) is 18.5 Å². The van der Waals surface area contributed by atoms with E-state index in [1.807, 2.05) is 61.5 Å². The number of allylic oxidation sites excluding steroid dienone is 4. The molecule has 5 aliphatic carbocycles. The van der Waals surface area contributed by atoms with Gasteiger partial charge in [0.05, 0.1) is 12.2 Å². The smallest absolute Gasteiger partial charge is 0.253 e. The number of nitrogens with one attached hydrogen (secondary N) is 1. The summed E-state index contributed by atoms with van der Waals surface area (Å²) < 4.78 is 13.4. The highest BCUT2D eigenvalue weighted by Gasteiger charge is 2.75. The number of fused-ring (bicyclic) bond motifs is 7. The summed E-state index contributed by atoms with van der Waals surface area (Å²) in [6.07, 6.45) is 11.2. The van der Waals surface area contributed by atoms with Gasteiger partial charge in [-0.25, -0.2) is 0 Å². The molecular weight excluding hydrogens is 757 g/mol. The highest BCUT2D eigenvalue weighted by molar-refractivity contribution is 7.99. The SMILES string of the molecule is C[C@]12C=CC(=O)C=C1CC[C@@H]1C2[C@@H](O)C[C@@]2(C)C1C[C@H]1O[C@@H](c3ccc(Sc4cccc(NC(=O)C5CCC(CN6C(=O)C=CC6=O)CC5)c4)cc3)O[C@]12C(=O)CO. The van der Waals surface area contributed by atoms with Crippen molar-refractivity contribution >= 4 is 46.7 Å². The Kier molecular flexibility index (Phi) is 10.0. The van der Waals surface area contributed by atoms with Crippen LogP contribution in [0.15, 0.2) is 94.3 Å². The normalized spacial score (nSPS) is 37.6. The topological polar surface area (TPSA) is 160 Å². The lowest BCUT2D eigenvalue weighted by Gasteiger charge is -2.59. The number of nitrogens with zero attached hydrogens (tertiary/aromatic N) is 1. The fourth-order valence-electron chi connectivity index (χ4n) is 12.0. The van der Waals surface area contributed by atoms with Crippen LogP contribution in [-0.4, -0.2) is 75.4 Å². The molecule has 2 aromatic rings. The lowest BCUT2D eigenvalue weighted by atomic mass is 9.46. The highest BCUT2D eigenvalue weighted by Crippen LogP contribution is 2.70. The summed E-state index contributed by atoms with van der Waals surface area (Å²) in [4.78, 5) is 66.5. The summed E-state index contributed by atoms with van der Waals surface area (Å²) in [6, 6.07) is 15.5. The molecule has 2 heterocycles. The number of hydrogen-bond acceptors (Lipinski definition) is 10. The first-order valence-corrected chi connectivity index (χ1v) is 21.5. The van der Waals surface area contributed by atoms with Crippen LogP contribution in [0.5, 0.6) is 0 Å². The molecule has 4 saturated carbocycles. The second-order valence-electron chi connectivity index (χ2n) is 17.9. The van der Waals surface area contributed by atoms with E-state index in [4.69, 9.17) is 9.47 Å². The molecule has 1 saturated heterocycles. The van der Waals surface area contributed by atoms with Gasteiger partial charge in [-0.15, -0.1) is 0 Å². The minimum absolute atomic E-state index is 0.0156. The largest absolute Gasteiger partial charge is 0.393 e. The van der Waals surface area contributed by atoms with E-state index >= 15 is 0 Å². The Bertz CT molecular complexity index is 2120. The Morgan fingerprint density at radius 2 is 1.69 bits per heavy atom. The Labute approximate surface area is 342 Å². The fourth-order valence-corrected chi connectivity index (χ4v) is 12.9. The van der Waals surface area contributed by atoms with Gasteiger partial charge in [0.25, 0.3) is 11.8 Å². The third-order valence-electron chi connectivity index (χ3n) is 14.8. The number of imide groups is 1. The van der Waals surface area contributed by atoms with E-state index < -0.39 is 47.3 Å². The van der Waals surface area contributed by atoms with Gasteiger partial charge in [-0.05, 0) is 112 Å². The molecule has 0 spiro atoms. The number of carbonyl (C=O) groups is 5.